The molecule has 0 atom stereocenters. The first kappa shape index (κ1) is 21.9. The zero-order valence-corrected chi connectivity index (χ0v) is 18.2. The Bertz CT molecular complexity index is 657. The molecule has 0 spiro atoms. The van der Waals surface area contributed by atoms with Crippen molar-refractivity contribution in [3.05, 3.63) is 17.5 Å². The van der Waals surface area contributed by atoms with Crippen LogP contribution in [0.1, 0.15) is 48.8 Å². The van der Waals surface area contributed by atoms with Crippen LogP contribution in [-0.2, 0) is 9.47 Å². The molecule has 1 aromatic rings. The molecule has 3 rings (SSSR count). The van der Waals surface area contributed by atoms with Gasteiger partial charge in [0.2, 0.25) is 5.95 Å². The average molecular weight is 406 g/mol. The summed E-state index contributed by atoms with van der Waals surface area (Å²) in [6.07, 6.45) is 1.91. The Hall–Kier alpha value is -1.77. The van der Waals surface area contributed by atoms with Crippen LogP contribution >= 0.6 is 0 Å². The highest BCUT2D eigenvalue weighted by Crippen LogP contribution is 2.31. The predicted molar refractivity (Wildman–Crippen MR) is 113 cm³/mol. The van der Waals surface area contributed by atoms with Gasteiger partial charge in [0.05, 0.1) is 13.2 Å². The Balaban J connectivity index is 1.71. The van der Waals surface area contributed by atoms with E-state index < -0.39 is 0 Å². The number of nitrogens with one attached hydrogen (secondary N) is 1. The molecule has 0 radical (unpaired) electrons. The predicted octanol–water partition coefficient (Wildman–Crippen LogP) is 1.52. The second kappa shape index (κ2) is 9.82. The minimum atomic E-state index is -0.134. The van der Waals surface area contributed by atoms with E-state index in [-0.39, 0.29) is 17.2 Å². The molecule has 0 aromatic carbocycles. The monoisotopic (exact) mass is 405 g/mol. The third kappa shape index (κ3) is 5.87. The highest BCUT2D eigenvalue weighted by molar-refractivity contribution is 5.92. The van der Waals surface area contributed by atoms with Gasteiger partial charge in [-0.2, -0.15) is 0 Å². The van der Waals surface area contributed by atoms with Crippen LogP contribution in [0.15, 0.2) is 6.07 Å². The molecule has 1 N–H and O–H groups in total. The van der Waals surface area contributed by atoms with Crippen molar-refractivity contribution in [2.75, 3.05) is 71.6 Å². The Morgan fingerprint density at radius 3 is 2.45 bits per heavy atom. The fraction of sp³-hybridized carbons (Fsp3) is 0.762. The number of amides is 1. The van der Waals surface area contributed by atoms with Crippen molar-refractivity contribution in [3.8, 4) is 0 Å². The van der Waals surface area contributed by atoms with Gasteiger partial charge in [0.1, 0.15) is 5.69 Å². The summed E-state index contributed by atoms with van der Waals surface area (Å²) in [6.45, 7) is 10.7. The number of rotatable bonds is 7. The second-order valence-electron chi connectivity index (χ2n) is 8.71. The third-order valence-electron chi connectivity index (χ3n) is 5.80. The van der Waals surface area contributed by atoms with Gasteiger partial charge in [-0.3, -0.25) is 9.69 Å². The summed E-state index contributed by atoms with van der Waals surface area (Å²) in [6, 6.07) is 1.81. The normalized spacial score (nSPS) is 19.9. The van der Waals surface area contributed by atoms with Gasteiger partial charge in [0.25, 0.3) is 5.91 Å². The first-order chi connectivity index (χ1) is 13.9. The van der Waals surface area contributed by atoms with Crippen molar-refractivity contribution in [2.24, 2.45) is 5.41 Å². The van der Waals surface area contributed by atoms with E-state index in [1.807, 2.05) is 25.1 Å². The molecule has 8 heteroatoms. The molecule has 162 valence electrons. The van der Waals surface area contributed by atoms with Crippen LogP contribution in [0.2, 0.25) is 0 Å². The number of morpholine rings is 1. The number of nitrogens with zero attached hydrogens (tertiary/aromatic N) is 4. The maximum Gasteiger partial charge on any atom is 0.270 e. The number of anilines is 1. The molecule has 2 aliphatic heterocycles. The minimum Gasteiger partial charge on any atom is -0.381 e. The number of aromatic nitrogens is 2. The fourth-order valence-corrected chi connectivity index (χ4v) is 3.85. The van der Waals surface area contributed by atoms with Crippen LogP contribution in [0.25, 0.3) is 0 Å². The molecule has 1 aromatic heterocycles. The number of hydrogen-bond acceptors (Lipinski definition) is 7. The lowest BCUT2D eigenvalue weighted by Gasteiger charge is -2.42. The van der Waals surface area contributed by atoms with Crippen LogP contribution in [0.3, 0.4) is 0 Å². The Labute approximate surface area is 174 Å². The molecule has 1 amide bonds. The van der Waals surface area contributed by atoms with Crippen molar-refractivity contribution in [1.82, 2.24) is 20.2 Å². The lowest BCUT2D eigenvalue weighted by Crippen LogP contribution is -2.50. The van der Waals surface area contributed by atoms with Crippen LogP contribution in [0.5, 0.6) is 0 Å². The molecule has 0 unspecified atom stereocenters. The van der Waals surface area contributed by atoms with E-state index in [0.29, 0.717) is 18.2 Å². The number of carbonyl (C=O) groups excluding carboxylic acids is 1. The third-order valence-corrected chi connectivity index (χ3v) is 5.80. The van der Waals surface area contributed by atoms with E-state index >= 15 is 0 Å². The molecule has 0 saturated carbocycles. The summed E-state index contributed by atoms with van der Waals surface area (Å²) < 4.78 is 11.1. The lowest BCUT2D eigenvalue weighted by atomic mass is 9.79. The SMILES string of the molecule is CC(C)c1cc(C(=O)NCC2(CN3CCOCC3)CCOCC2)nc(N(C)C)n1. The lowest BCUT2D eigenvalue weighted by molar-refractivity contribution is -0.0283. The molecule has 0 bridgehead atoms. The van der Waals surface area contributed by atoms with E-state index in [1.54, 1.807) is 0 Å². The fourth-order valence-electron chi connectivity index (χ4n) is 3.85. The van der Waals surface area contributed by atoms with Gasteiger partial charge in [-0.05, 0) is 24.8 Å². The van der Waals surface area contributed by atoms with Crippen molar-refractivity contribution in [3.63, 3.8) is 0 Å². The van der Waals surface area contributed by atoms with Crippen molar-refractivity contribution >= 4 is 11.9 Å². The Morgan fingerprint density at radius 1 is 1.17 bits per heavy atom. The maximum absolute atomic E-state index is 13.0. The Morgan fingerprint density at radius 2 is 1.83 bits per heavy atom. The first-order valence-corrected chi connectivity index (χ1v) is 10.6. The molecular weight excluding hydrogens is 370 g/mol. The van der Waals surface area contributed by atoms with Gasteiger partial charge in [-0.25, -0.2) is 9.97 Å². The van der Waals surface area contributed by atoms with Crippen LogP contribution in [-0.4, -0.2) is 87.5 Å². The van der Waals surface area contributed by atoms with Crippen molar-refractivity contribution in [2.45, 2.75) is 32.6 Å². The average Bonchev–Trinajstić information content (AvgIpc) is 2.73. The summed E-state index contributed by atoms with van der Waals surface area (Å²) in [5.74, 6) is 0.659. The van der Waals surface area contributed by atoms with Crippen LogP contribution < -0.4 is 10.2 Å². The van der Waals surface area contributed by atoms with Gasteiger partial charge in [0, 0.05) is 64.6 Å². The van der Waals surface area contributed by atoms with E-state index in [2.05, 4.69) is 34.0 Å². The van der Waals surface area contributed by atoms with E-state index in [0.717, 1.165) is 64.6 Å². The van der Waals surface area contributed by atoms with E-state index in [9.17, 15) is 4.79 Å². The van der Waals surface area contributed by atoms with Gasteiger partial charge < -0.3 is 19.7 Å². The number of carbonyl (C=O) groups is 1. The minimum absolute atomic E-state index is 0.0313. The first-order valence-electron chi connectivity index (χ1n) is 10.6. The van der Waals surface area contributed by atoms with Gasteiger partial charge >= 0.3 is 0 Å². The summed E-state index contributed by atoms with van der Waals surface area (Å²) in [5, 5.41) is 3.17. The van der Waals surface area contributed by atoms with E-state index in [4.69, 9.17) is 9.47 Å². The summed E-state index contributed by atoms with van der Waals surface area (Å²) in [4.78, 5) is 26.3. The van der Waals surface area contributed by atoms with E-state index in [1.165, 1.54) is 0 Å². The number of hydrogen-bond donors (Lipinski definition) is 1. The standard InChI is InChI=1S/C21H35N5O3/c1-16(2)17-13-18(24-20(23-17)25(3)4)19(27)22-14-21(5-9-28-10-6-21)15-26-7-11-29-12-8-26/h13,16H,5-12,14-15H2,1-4H3,(H,22,27). The zero-order chi connectivity index (χ0) is 20.9. The van der Waals surface area contributed by atoms with Crippen molar-refractivity contribution in [1.29, 1.82) is 0 Å². The quantitative estimate of drug-likeness (QED) is 0.737. The molecule has 2 aliphatic rings. The molecule has 8 nitrogen and oxygen atoms in total. The topological polar surface area (TPSA) is 79.8 Å². The van der Waals surface area contributed by atoms with Gasteiger partial charge in [-0.15, -0.1) is 0 Å². The highest BCUT2D eigenvalue weighted by atomic mass is 16.5. The molecule has 2 saturated heterocycles. The molecule has 29 heavy (non-hydrogen) atoms. The number of ether oxygens (including phenoxy) is 2. The largest absolute Gasteiger partial charge is 0.381 e. The van der Waals surface area contributed by atoms with Crippen LogP contribution in [0, 0.1) is 5.41 Å². The van der Waals surface area contributed by atoms with Crippen molar-refractivity contribution < 1.29 is 14.3 Å². The molecule has 0 aliphatic carbocycles. The van der Waals surface area contributed by atoms with Gasteiger partial charge in [0.15, 0.2) is 0 Å². The summed E-state index contributed by atoms with van der Waals surface area (Å²) in [7, 11) is 3.78. The highest BCUT2D eigenvalue weighted by Gasteiger charge is 2.35. The molecule has 3 heterocycles. The second-order valence-corrected chi connectivity index (χ2v) is 8.71. The molecular formula is C21H35N5O3. The smallest absolute Gasteiger partial charge is 0.270 e. The summed E-state index contributed by atoms with van der Waals surface area (Å²) >= 11 is 0. The molecule has 2 fully saturated rings. The Kier molecular flexibility index (Phi) is 7.43. The van der Waals surface area contributed by atoms with Crippen LogP contribution in [0.4, 0.5) is 5.95 Å². The zero-order valence-electron chi connectivity index (χ0n) is 18.2. The van der Waals surface area contributed by atoms with Gasteiger partial charge in [-0.1, -0.05) is 13.8 Å². The summed E-state index contributed by atoms with van der Waals surface area (Å²) in [5.41, 5.74) is 1.34. The maximum atomic E-state index is 13.0.